The normalized spacial score (nSPS) is 18.8. The Morgan fingerprint density at radius 1 is 1.14 bits per heavy atom. The summed E-state index contributed by atoms with van der Waals surface area (Å²) < 4.78 is 48.3. The quantitative estimate of drug-likeness (QED) is 0.388. The molecule has 4 heterocycles. The third kappa shape index (κ3) is 4.43. The van der Waals surface area contributed by atoms with Crippen LogP contribution in [-0.2, 0) is 18.0 Å². The van der Waals surface area contributed by atoms with E-state index in [4.69, 9.17) is 21.3 Å². The molecule has 1 aliphatic heterocycles. The van der Waals surface area contributed by atoms with Crippen molar-refractivity contribution in [2.75, 3.05) is 6.61 Å². The number of benzene rings is 1. The number of halogens is 4. The molecular formula is C24H21ClF3N5O2. The molecule has 2 atom stereocenters. The van der Waals surface area contributed by atoms with Crippen molar-refractivity contribution in [3.05, 3.63) is 80.7 Å². The van der Waals surface area contributed by atoms with Gasteiger partial charge < -0.3 is 4.74 Å². The summed E-state index contributed by atoms with van der Waals surface area (Å²) in [4.78, 5) is 22.3. The van der Waals surface area contributed by atoms with Crippen LogP contribution in [0.5, 0.6) is 0 Å². The number of alkyl halides is 3. The van der Waals surface area contributed by atoms with E-state index in [9.17, 15) is 18.0 Å². The SMILES string of the molecule is Cc1nc2c(-c3ccc(C(F)(F)F)cc3)nc(C3CCOC(c4cnn(C)c4)C3)cn2c(=O)c1Cl. The second-order valence-electron chi connectivity index (χ2n) is 8.63. The minimum absolute atomic E-state index is 0.0155. The Morgan fingerprint density at radius 3 is 2.54 bits per heavy atom. The van der Waals surface area contributed by atoms with Crippen LogP contribution in [0.1, 0.15) is 47.4 Å². The molecule has 1 aliphatic rings. The highest BCUT2D eigenvalue weighted by atomic mass is 35.5. The minimum Gasteiger partial charge on any atom is -0.373 e. The predicted molar refractivity (Wildman–Crippen MR) is 123 cm³/mol. The summed E-state index contributed by atoms with van der Waals surface area (Å²) in [5.41, 5.74) is 1.63. The van der Waals surface area contributed by atoms with Crippen LogP contribution in [0.3, 0.4) is 0 Å². The maximum atomic E-state index is 13.1. The second-order valence-corrected chi connectivity index (χ2v) is 9.01. The molecule has 1 aromatic carbocycles. The lowest BCUT2D eigenvalue weighted by Crippen LogP contribution is -2.23. The van der Waals surface area contributed by atoms with E-state index < -0.39 is 17.3 Å². The molecule has 1 saturated heterocycles. The molecule has 0 bridgehead atoms. The fraction of sp³-hybridized carbons (Fsp3) is 0.333. The average Bonchev–Trinajstić information content (AvgIpc) is 3.28. The number of nitrogens with zero attached hydrogens (tertiary/aromatic N) is 5. The Bertz CT molecular complexity index is 1460. The summed E-state index contributed by atoms with van der Waals surface area (Å²) in [6.07, 6.45) is 1.91. The second kappa shape index (κ2) is 8.76. The largest absolute Gasteiger partial charge is 0.416 e. The first-order chi connectivity index (χ1) is 16.6. The molecule has 0 saturated carbocycles. The first-order valence-corrected chi connectivity index (χ1v) is 11.4. The van der Waals surface area contributed by atoms with Crippen LogP contribution in [0.15, 0.2) is 47.7 Å². The van der Waals surface area contributed by atoms with Crippen LogP contribution in [0, 0.1) is 6.92 Å². The maximum absolute atomic E-state index is 13.1. The van der Waals surface area contributed by atoms with Gasteiger partial charge >= 0.3 is 6.18 Å². The van der Waals surface area contributed by atoms with E-state index in [1.165, 1.54) is 16.5 Å². The first kappa shape index (κ1) is 23.5. The lowest BCUT2D eigenvalue weighted by molar-refractivity contribution is -0.137. The van der Waals surface area contributed by atoms with E-state index in [1.54, 1.807) is 24.0 Å². The molecule has 2 unspecified atom stereocenters. The first-order valence-electron chi connectivity index (χ1n) is 11.0. The van der Waals surface area contributed by atoms with Crippen molar-refractivity contribution in [2.24, 2.45) is 7.05 Å². The Labute approximate surface area is 203 Å². The van der Waals surface area contributed by atoms with Gasteiger partial charge in [0.2, 0.25) is 0 Å². The third-order valence-corrected chi connectivity index (χ3v) is 6.66. The molecule has 35 heavy (non-hydrogen) atoms. The minimum atomic E-state index is -4.46. The molecule has 0 aliphatic carbocycles. The van der Waals surface area contributed by atoms with E-state index in [0.717, 1.165) is 17.7 Å². The summed E-state index contributed by atoms with van der Waals surface area (Å²) in [6, 6.07) is 4.67. The van der Waals surface area contributed by atoms with Crippen molar-refractivity contribution in [3.63, 3.8) is 0 Å². The highest BCUT2D eigenvalue weighted by Gasteiger charge is 2.31. The predicted octanol–water partition coefficient (Wildman–Crippen LogP) is 5.11. The molecule has 11 heteroatoms. The number of fused-ring (bicyclic) bond motifs is 1. The van der Waals surface area contributed by atoms with Gasteiger partial charge in [-0.1, -0.05) is 23.7 Å². The number of hydrogen-bond acceptors (Lipinski definition) is 5. The van der Waals surface area contributed by atoms with Gasteiger partial charge in [0.25, 0.3) is 5.56 Å². The number of rotatable bonds is 3. The maximum Gasteiger partial charge on any atom is 0.416 e. The standard InChI is InChI=1S/C24H21ClF3N5O2/c1-13-20(25)23(34)33-12-18(15-7-8-35-19(9-15)16-10-29-32(2)11-16)31-21(22(33)30-13)14-3-5-17(6-4-14)24(26,27)28/h3-6,10-12,15,19H,7-9H2,1-2H3. The average molecular weight is 504 g/mol. The van der Waals surface area contributed by atoms with E-state index in [2.05, 4.69) is 10.1 Å². The number of aromatic nitrogens is 5. The molecule has 1 fully saturated rings. The Hall–Kier alpha value is -3.24. The zero-order chi connectivity index (χ0) is 24.9. The summed E-state index contributed by atoms with van der Waals surface area (Å²) in [5.74, 6) is -0.0569. The van der Waals surface area contributed by atoms with Gasteiger partial charge in [0.15, 0.2) is 5.65 Å². The van der Waals surface area contributed by atoms with E-state index >= 15 is 0 Å². The number of aryl methyl sites for hydroxylation is 2. The monoisotopic (exact) mass is 503 g/mol. The van der Waals surface area contributed by atoms with Crippen LogP contribution in [0.2, 0.25) is 5.02 Å². The van der Waals surface area contributed by atoms with Gasteiger partial charge in [-0.3, -0.25) is 13.9 Å². The van der Waals surface area contributed by atoms with E-state index in [-0.39, 0.29) is 22.7 Å². The molecular weight excluding hydrogens is 483 g/mol. The fourth-order valence-electron chi connectivity index (χ4n) is 4.36. The Morgan fingerprint density at radius 2 is 1.89 bits per heavy atom. The van der Waals surface area contributed by atoms with Gasteiger partial charge in [0.1, 0.15) is 10.7 Å². The topological polar surface area (TPSA) is 74.3 Å². The molecule has 0 radical (unpaired) electrons. The van der Waals surface area contributed by atoms with Crippen molar-refractivity contribution in [2.45, 2.75) is 38.0 Å². The van der Waals surface area contributed by atoms with Gasteiger partial charge in [-0.25, -0.2) is 9.97 Å². The molecule has 4 aromatic rings. The van der Waals surface area contributed by atoms with Gasteiger partial charge in [-0.05, 0) is 31.9 Å². The molecule has 0 amide bonds. The van der Waals surface area contributed by atoms with Gasteiger partial charge in [0, 0.05) is 43.1 Å². The highest BCUT2D eigenvalue weighted by Crippen LogP contribution is 2.38. The van der Waals surface area contributed by atoms with Gasteiger partial charge in [-0.2, -0.15) is 18.3 Å². The Kier molecular flexibility index (Phi) is 5.88. The molecule has 5 rings (SSSR count). The number of ether oxygens (including phenoxy) is 1. The summed E-state index contributed by atoms with van der Waals surface area (Å²) in [7, 11) is 1.83. The van der Waals surface area contributed by atoms with Crippen molar-refractivity contribution in [3.8, 4) is 11.3 Å². The summed E-state index contributed by atoms with van der Waals surface area (Å²) in [5, 5.41) is 4.20. The lowest BCUT2D eigenvalue weighted by atomic mass is 9.90. The zero-order valence-corrected chi connectivity index (χ0v) is 19.6. The number of hydrogen-bond donors (Lipinski definition) is 0. The highest BCUT2D eigenvalue weighted by molar-refractivity contribution is 6.31. The molecule has 7 nitrogen and oxygen atoms in total. The smallest absolute Gasteiger partial charge is 0.373 e. The molecule has 3 aromatic heterocycles. The van der Waals surface area contributed by atoms with Crippen molar-refractivity contribution < 1.29 is 17.9 Å². The van der Waals surface area contributed by atoms with Gasteiger partial charge in [0.05, 0.1) is 29.3 Å². The van der Waals surface area contributed by atoms with Gasteiger partial charge in [-0.15, -0.1) is 0 Å². The van der Waals surface area contributed by atoms with E-state index in [0.29, 0.717) is 42.1 Å². The van der Waals surface area contributed by atoms with Crippen molar-refractivity contribution >= 4 is 17.2 Å². The summed E-state index contributed by atoms with van der Waals surface area (Å²) >= 11 is 6.20. The van der Waals surface area contributed by atoms with Crippen LogP contribution < -0.4 is 5.56 Å². The third-order valence-electron chi connectivity index (χ3n) is 6.22. The molecule has 0 spiro atoms. The molecule has 182 valence electrons. The zero-order valence-electron chi connectivity index (χ0n) is 18.9. The molecule has 0 N–H and O–H groups in total. The fourth-order valence-corrected chi connectivity index (χ4v) is 4.49. The van der Waals surface area contributed by atoms with Crippen molar-refractivity contribution in [1.82, 2.24) is 24.1 Å². The van der Waals surface area contributed by atoms with E-state index in [1.807, 2.05) is 13.2 Å². The Balaban J connectivity index is 1.63. The lowest BCUT2D eigenvalue weighted by Gasteiger charge is -2.29. The van der Waals surface area contributed by atoms with Crippen LogP contribution >= 0.6 is 11.6 Å². The van der Waals surface area contributed by atoms with Crippen LogP contribution in [-0.4, -0.2) is 30.8 Å². The van der Waals surface area contributed by atoms with Crippen molar-refractivity contribution in [1.29, 1.82) is 0 Å². The van der Waals surface area contributed by atoms with Crippen LogP contribution in [0.25, 0.3) is 16.9 Å². The van der Waals surface area contributed by atoms with Crippen LogP contribution in [0.4, 0.5) is 13.2 Å². The summed E-state index contributed by atoms with van der Waals surface area (Å²) in [6.45, 7) is 2.09.